The highest BCUT2D eigenvalue weighted by Gasteiger charge is 2.56. The van der Waals surface area contributed by atoms with Crippen molar-refractivity contribution in [1.82, 2.24) is 10.6 Å². The van der Waals surface area contributed by atoms with Gasteiger partial charge in [-0.15, -0.1) is 12.3 Å². The Kier molecular flexibility index (Phi) is 12.2. The number of amides is 2. The number of benzene rings is 2. The molecule has 1 aliphatic carbocycles. The molecular formula is C30H36ClF3N3O6P. The van der Waals surface area contributed by atoms with Crippen molar-refractivity contribution in [2.24, 2.45) is 5.92 Å². The average molecular weight is 658 g/mol. The summed E-state index contributed by atoms with van der Waals surface area (Å²) in [6.45, 7) is 4.54. The number of nitrogens with one attached hydrogen (secondary N) is 3. The number of fused-ring (bicyclic) bond motifs is 1. The van der Waals surface area contributed by atoms with Crippen LogP contribution in [0.25, 0.3) is 0 Å². The second-order valence-electron chi connectivity index (χ2n) is 10.4. The number of esters is 1. The van der Waals surface area contributed by atoms with Crippen molar-refractivity contribution < 1.29 is 41.1 Å². The quantitative estimate of drug-likeness (QED) is 0.101. The van der Waals surface area contributed by atoms with Gasteiger partial charge in [-0.05, 0) is 76.4 Å². The Bertz CT molecular complexity index is 1400. The summed E-state index contributed by atoms with van der Waals surface area (Å²) in [5.74, 6) is 2.93. The molecule has 2 aliphatic rings. The Morgan fingerprint density at radius 1 is 1.25 bits per heavy atom. The van der Waals surface area contributed by atoms with Gasteiger partial charge in [-0.1, -0.05) is 29.8 Å². The molecule has 0 saturated heterocycles. The van der Waals surface area contributed by atoms with E-state index >= 15 is 0 Å². The van der Waals surface area contributed by atoms with E-state index in [0.717, 1.165) is 6.92 Å². The van der Waals surface area contributed by atoms with Gasteiger partial charge in [0.25, 0.3) is 0 Å². The van der Waals surface area contributed by atoms with Gasteiger partial charge in [-0.2, -0.15) is 13.2 Å². The average Bonchev–Trinajstić information content (AvgIpc) is 3.79. The van der Waals surface area contributed by atoms with Crippen LogP contribution < -0.4 is 20.5 Å². The predicted molar refractivity (Wildman–Crippen MR) is 162 cm³/mol. The van der Waals surface area contributed by atoms with Gasteiger partial charge in [0.2, 0.25) is 0 Å². The van der Waals surface area contributed by atoms with E-state index < -0.39 is 37.4 Å². The Morgan fingerprint density at radius 2 is 1.93 bits per heavy atom. The van der Waals surface area contributed by atoms with Gasteiger partial charge >= 0.3 is 25.8 Å². The first-order valence-corrected chi connectivity index (χ1v) is 16.2. The number of urea groups is 1. The monoisotopic (exact) mass is 657 g/mol. The summed E-state index contributed by atoms with van der Waals surface area (Å²) in [6, 6.07) is 10.0. The zero-order chi connectivity index (χ0) is 32.5. The molecule has 2 aromatic carbocycles. The minimum Gasteiger partial charge on any atom is -0.464 e. The van der Waals surface area contributed by atoms with Crippen LogP contribution in [0.15, 0.2) is 42.5 Å². The van der Waals surface area contributed by atoms with Gasteiger partial charge in [0.15, 0.2) is 11.6 Å². The first-order valence-electron chi connectivity index (χ1n) is 14.1. The van der Waals surface area contributed by atoms with Crippen LogP contribution in [0.2, 0.25) is 5.02 Å². The number of carbonyl (C=O) groups excluding carboxylic acids is 2. The van der Waals surface area contributed by atoms with Gasteiger partial charge in [-0.3, -0.25) is 4.52 Å². The van der Waals surface area contributed by atoms with Crippen molar-refractivity contribution in [2.75, 3.05) is 31.2 Å². The van der Waals surface area contributed by atoms with E-state index in [4.69, 9.17) is 31.8 Å². The maximum Gasteiger partial charge on any atom is 0.415 e. The highest BCUT2D eigenvalue weighted by atomic mass is 35.5. The van der Waals surface area contributed by atoms with Crippen LogP contribution in [0, 0.1) is 18.3 Å². The highest BCUT2D eigenvalue weighted by molar-refractivity contribution is 7.54. The van der Waals surface area contributed by atoms with Crippen LogP contribution >= 0.6 is 19.2 Å². The minimum atomic E-state index is -4.74. The topological polar surface area (TPSA) is 115 Å². The van der Waals surface area contributed by atoms with Gasteiger partial charge < -0.3 is 25.2 Å². The molecule has 4 rings (SSSR count). The summed E-state index contributed by atoms with van der Waals surface area (Å²) >= 11 is 6.30. The number of alkyl halides is 3. The van der Waals surface area contributed by atoms with Crippen molar-refractivity contribution in [3.05, 3.63) is 58.6 Å². The summed E-state index contributed by atoms with van der Waals surface area (Å²) in [5.41, 5.74) is -2.26. The predicted octanol–water partition coefficient (Wildman–Crippen LogP) is 6.65. The van der Waals surface area contributed by atoms with Crippen molar-refractivity contribution in [1.29, 1.82) is 0 Å². The lowest BCUT2D eigenvalue weighted by Gasteiger charge is -2.38. The molecule has 1 heterocycles. The zero-order valence-electron chi connectivity index (χ0n) is 24.6. The number of para-hydroxylation sites is 1. The minimum absolute atomic E-state index is 0.0140. The maximum atomic E-state index is 13.7. The molecule has 0 aromatic heterocycles. The number of carbonyl (C=O) groups is 2. The summed E-state index contributed by atoms with van der Waals surface area (Å²) in [5, 5.41) is 7.51. The van der Waals surface area contributed by atoms with E-state index in [0.29, 0.717) is 30.2 Å². The molecule has 240 valence electrons. The molecule has 0 spiro atoms. The smallest absolute Gasteiger partial charge is 0.415 e. The fourth-order valence-corrected chi connectivity index (χ4v) is 6.06. The number of rotatable bonds is 12. The Labute approximate surface area is 260 Å². The van der Waals surface area contributed by atoms with Crippen LogP contribution in [0.1, 0.15) is 44.7 Å². The molecule has 14 heteroatoms. The third kappa shape index (κ3) is 9.63. The molecule has 1 unspecified atom stereocenters. The van der Waals surface area contributed by atoms with E-state index in [2.05, 4.69) is 16.6 Å². The highest BCUT2D eigenvalue weighted by Crippen LogP contribution is 2.49. The van der Waals surface area contributed by atoms with Gasteiger partial charge in [0.05, 0.1) is 12.8 Å². The summed E-state index contributed by atoms with van der Waals surface area (Å²) in [6.07, 6.45) is 1.87. The molecule has 2 amide bonds. The first kappa shape index (κ1) is 35.3. The van der Waals surface area contributed by atoms with Crippen LogP contribution in [0.5, 0.6) is 5.75 Å². The second-order valence-corrected chi connectivity index (χ2v) is 12.8. The fraction of sp³-hybridized carbons (Fsp3) is 0.467. The fourth-order valence-electron chi connectivity index (χ4n) is 4.12. The third-order valence-corrected chi connectivity index (χ3v) is 9.03. The Balaban J connectivity index is 0.000000958. The lowest BCUT2D eigenvalue weighted by molar-refractivity contribution is -0.191. The molecule has 3 N–H and O–H groups in total. The number of hydrogen-bond acceptors (Lipinski definition) is 7. The first-order chi connectivity index (χ1) is 20.7. The SMILES string of the molecule is C#CC1CC1.CCOC(=O)[C@H](C)OP(=O)(CCNCCc1cc2c(cc1Cl)[C@@](C)(C(F)(F)F)NC(=O)N2)Oc1ccccc1. The van der Waals surface area contributed by atoms with Crippen molar-refractivity contribution in [3.8, 4) is 18.1 Å². The van der Waals surface area contributed by atoms with Gasteiger partial charge in [-0.25, -0.2) is 14.2 Å². The Morgan fingerprint density at radius 3 is 2.50 bits per heavy atom. The van der Waals surface area contributed by atoms with Crippen molar-refractivity contribution in [3.63, 3.8) is 0 Å². The number of anilines is 1. The number of hydrogen-bond donors (Lipinski definition) is 3. The standard InChI is InChI=1S/C25H30ClF3N3O6P.C5H6/c1-4-36-22(33)16(2)37-39(35,38-18-8-6-5-7-9-18)13-12-30-11-10-17-14-21-19(15-20(17)26)24(3,25(27,28)29)32-23(34)31-21;1-2-5-3-4-5/h5-9,14-16,30H,4,10-13H2,1-3H3,(H2,31,32,34);1,5H,3-4H2/t16-,24-,39?;/m0./s1. The molecule has 9 nitrogen and oxygen atoms in total. The van der Waals surface area contributed by atoms with E-state index in [9.17, 15) is 27.3 Å². The molecule has 0 radical (unpaired) electrons. The largest absolute Gasteiger partial charge is 0.464 e. The normalized spacial score (nSPS) is 19.5. The molecule has 44 heavy (non-hydrogen) atoms. The van der Waals surface area contributed by atoms with Crippen LogP contribution in [0.4, 0.5) is 23.7 Å². The Hall–Kier alpha value is -3.23. The number of halogens is 4. The second kappa shape index (κ2) is 15.2. The van der Waals surface area contributed by atoms with E-state index in [1.807, 2.05) is 5.32 Å². The van der Waals surface area contributed by atoms with Crippen LogP contribution in [0.3, 0.4) is 0 Å². The van der Waals surface area contributed by atoms with E-state index in [1.165, 1.54) is 31.9 Å². The number of ether oxygens (including phenoxy) is 1. The number of terminal acetylenes is 1. The summed E-state index contributed by atoms with van der Waals surface area (Å²) < 4.78 is 70.7. The van der Waals surface area contributed by atoms with Crippen molar-refractivity contribution >= 4 is 36.9 Å². The molecule has 2 aromatic rings. The van der Waals surface area contributed by atoms with Crippen LogP contribution in [-0.4, -0.2) is 50.1 Å². The maximum absolute atomic E-state index is 13.7. The summed E-state index contributed by atoms with van der Waals surface area (Å²) in [7, 11) is -3.80. The lowest BCUT2D eigenvalue weighted by Crippen LogP contribution is -2.58. The molecule has 1 saturated carbocycles. The molecule has 1 aliphatic heterocycles. The zero-order valence-corrected chi connectivity index (χ0v) is 26.3. The van der Waals surface area contributed by atoms with Crippen LogP contribution in [-0.2, 0) is 30.6 Å². The van der Waals surface area contributed by atoms with Gasteiger partial charge in [0, 0.05) is 28.7 Å². The van der Waals surface area contributed by atoms with E-state index in [1.54, 1.807) is 37.3 Å². The molecule has 3 atom stereocenters. The molecular weight excluding hydrogens is 622 g/mol. The van der Waals surface area contributed by atoms with Crippen molar-refractivity contribution in [2.45, 2.75) is 57.9 Å². The summed E-state index contributed by atoms with van der Waals surface area (Å²) in [4.78, 5) is 23.9. The third-order valence-electron chi connectivity index (χ3n) is 6.78. The van der Waals surface area contributed by atoms with Gasteiger partial charge in [0.1, 0.15) is 5.75 Å². The van der Waals surface area contributed by atoms with E-state index in [-0.39, 0.29) is 35.6 Å². The molecule has 0 bridgehead atoms. The lowest BCUT2D eigenvalue weighted by atomic mass is 9.87. The molecule has 1 fully saturated rings.